The van der Waals surface area contributed by atoms with Crippen LogP contribution in [0.4, 0.5) is 0 Å². The van der Waals surface area contributed by atoms with Crippen molar-refractivity contribution in [2.45, 2.75) is 46.5 Å². The first kappa shape index (κ1) is 9.83. The normalized spacial score (nSPS) is 36.4. The lowest BCUT2D eigenvalue weighted by Crippen LogP contribution is -2.22. The molecule has 0 saturated heterocycles. The fraction of sp³-hybridized carbons (Fsp3) is 0.833. The van der Waals surface area contributed by atoms with Crippen molar-refractivity contribution in [3.63, 3.8) is 0 Å². The first-order valence-corrected chi connectivity index (χ1v) is 5.32. The second-order valence-corrected chi connectivity index (χ2v) is 4.51. The zero-order valence-electron chi connectivity index (χ0n) is 8.77. The van der Waals surface area contributed by atoms with E-state index in [2.05, 4.69) is 27.4 Å². The minimum atomic E-state index is 0.825. The average Bonchev–Trinajstić information content (AvgIpc) is 2.03. The van der Waals surface area contributed by atoms with Gasteiger partial charge >= 0.3 is 0 Å². The van der Waals surface area contributed by atoms with Crippen LogP contribution in [0.1, 0.15) is 46.5 Å². The van der Waals surface area contributed by atoms with Gasteiger partial charge in [-0.1, -0.05) is 39.3 Å². The second-order valence-electron chi connectivity index (χ2n) is 4.51. The predicted octanol–water partition coefficient (Wildman–Crippen LogP) is 4.02. The molecular formula is C12H22. The molecular weight excluding hydrogens is 144 g/mol. The van der Waals surface area contributed by atoms with Gasteiger partial charge in [-0.15, -0.1) is 0 Å². The van der Waals surface area contributed by atoms with Crippen LogP contribution in [0, 0.1) is 17.8 Å². The molecule has 70 valence electrons. The monoisotopic (exact) mass is 166 g/mol. The van der Waals surface area contributed by atoms with Gasteiger partial charge in [-0.05, 0) is 37.0 Å². The summed E-state index contributed by atoms with van der Waals surface area (Å²) < 4.78 is 0. The molecule has 0 aromatic rings. The molecule has 0 aromatic heterocycles. The van der Waals surface area contributed by atoms with E-state index in [1.165, 1.54) is 31.3 Å². The molecule has 1 aliphatic rings. The van der Waals surface area contributed by atoms with Crippen LogP contribution in [0.3, 0.4) is 0 Å². The topological polar surface area (TPSA) is 0 Å². The summed E-state index contributed by atoms with van der Waals surface area (Å²) >= 11 is 0. The summed E-state index contributed by atoms with van der Waals surface area (Å²) in [5, 5.41) is 0. The lowest BCUT2D eigenvalue weighted by molar-refractivity contribution is 0.231. The summed E-state index contributed by atoms with van der Waals surface area (Å²) in [5.41, 5.74) is 1.48. The minimum Gasteiger partial charge on any atom is -0.0996 e. The Kier molecular flexibility index (Phi) is 3.37. The molecule has 0 N–H and O–H groups in total. The summed E-state index contributed by atoms with van der Waals surface area (Å²) in [6, 6.07) is 0. The van der Waals surface area contributed by atoms with Gasteiger partial charge in [-0.25, -0.2) is 0 Å². The van der Waals surface area contributed by atoms with Gasteiger partial charge in [0.25, 0.3) is 0 Å². The van der Waals surface area contributed by atoms with Gasteiger partial charge in [0.2, 0.25) is 0 Å². The van der Waals surface area contributed by atoms with Gasteiger partial charge in [0.05, 0.1) is 0 Å². The van der Waals surface area contributed by atoms with Gasteiger partial charge < -0.3 is 0 Å². The SMILES string of the molecule is C=C(CC)C1CCC(C)CC1C. The van der Waals surface area contributed by atoms with Crippen LogP contribution in [-0.2, 0) is 0 Å². The molecule has 1 saturated carbocycles. The van der Waals surface area contributed by atoms with E-state index in [1.54, 1.807) is 0 Å². The molecule has 0 spiro atoms. The maximum Gasteiger partial charge on any atom is -0.0180 e. The van der Waals surface area contributed by atoms with E-state index < -0.39 is 0 Å². The zero-order valence-corrected chi connectivity index (χ0v) is 8.77. The highest BCUT2D eigenvalue weighted by Crippen LogP contribution is 2.37. The van der Waals surface area contributed by atoms with Crippen LogP contribution in [0.15, 0.2) is 12.2 Å². The van der Waals surface area contributed by atoms with Crippen LogP contribution in [0.5, 0.6) is 0 Å². The van der Waals surface area contributed by atoms with Crippen LogP contribution in [-0.4, -0.2) is 0 Å². The molecule has 1 rings (SSSR count). The van der Waals surface area contributed by atoms with Crippen molar-refractivity contribution in [3.05, 3.63) is 12.2 Å². The Morgan fingerprint density at radius 2 is 2.00 bits per heavy atom. The van der Waals surface area contributed by atoms with E-state index in [1.807, 2.05) is 0 Å². The smallest absolute Gasteiger partial charge is 0.0180 e. The molecule has 1 aliphatic carbocycles. The Labute approximate surface area is 77.1 Å². The Hall–Kier alpha value is -0.260. The molecule has 12 heavy (non-hydrogen) atoms. The van der Waals surface area contributed by atoms with E-state index in [4.69, 9.17) is 0 Å². The van der Waals surface area contributed by atoms with E-state index >= 15 is 0 Å². The lowest BCUT2D eigenvalue weighted by Gasteiger charge is -2.33. The molecule has 0 aliphatic heterocycles. The second kappa shape index (κ2) is 4.11. The zero-order chi connectivity index (χ0) is 9.14. The standard InChI is InChI=1S/C12H22/c1-5-10(3)12-7-6-9(2)8-11(12)4/h9,11-12H,3,5-8H2,1-2,4H3. The summed E-state index contributed by atoms with van der Waals surface area (Å²) in [6.45, 7) is 11.2. The molecule has 0 amide bonds. The van der Waals surface area contributed by atoms with Gasteiger partial charge in [0, 0.05) is 0 Å². The van der Waals surface area contributed by atoms with Crippen molar-refractivity contribution in [1.82, 2.24) is 0 Å². The van der Waals surface area contributed by atoms with Crippen LogP contribution in [0.25, 0.3) is 0 Å². The maximum atomic E-state index is 4.17. The van der Waals surface area contributed by atoms with Crippen molar-refractivity contribution in [2.24, 2.45) is 17.8 Å². The molecule has 1 fully saturated rings. The van der Waals surface area contributed by atoms with Crippen molar-refractivity contribution >= 4 is 0 Å². The number of hydrogen-bond acceptors (Lipinski definition) is 0. The van der Waals surface area contributed by atoms with Gasteiger partial charge in [-0.3, -0.25) is 0 Å². The van der Waals surface area contributed by atoms with Crippen molar-refractivity contribution in [2.75, 3.05) is 0 Å². The van der Waals surface area contributed by atoms with E-state index in [0.29, 0.717) is 0 Å². The fourth-order valence-electron chi connectivity index (χ4n) is 2.53. The van der Waals surface area contributed by atoms with Gasteiger partial charge in [0.1, 0.15) is 0 Å². The molecule has 0 nitrogen and oxygen atoms in total. The largest absolute Gasteiger partial charge is 0.0996 e. The minimum absolute atomic E-state index is 0.825. The molecule has 3 unspecified atom stereocenters. The molecule has 0 heterocycles. The predicted molar refractivity (Wildman–Crippen MR) is 55.1 cm³/mol. The number of rotatable bonds is 2. The molecule has 3 atom stereocenters. The molecule has 0 bridgehead atoms. The Morgan fingerprint density at radius 3 is 2.50 bits per heavy atom. The molecule has 0 heteroatoms. The Balaban J connectivity index is 2.50. The lowest BCUT2D eigenvalue weighted by atomic mass is 9.72. The highest BCUT2D eigenvalue weighted by Gasteiger charge is 2.26. The summed E-state index contributed by atoms with van der Waals surface area (Å²) in [5.74, 6) is 2.65. The molecule has 0 radical (unpaired) electrons. The van der Waals surface area contributed by atoms with E-state index in [0.717, 1.165) is 17.8 Å². The number of allylic oxidation sites excluding steroid dienone is 1. The first-order chi connectivity index (χ1) is 5.65. The highest BCUT2D eigenvalue weighted by atomic mass is 14.3. The third kappa shape index (κ3) is 2.12. The van der Waals surface area contributed by atoms with Crippen LogP contribution >= 0.6 is 0 Å². The first-order valence-electron chi connectivity index (χ1n) is 5.32. The summed E-state index contributed by atoms with van der Waals surface area (Å²) in [4.78, 5) is 0. The Bertz CT molecular complexity index is 157. The van der Waals surface area contributed by atoms with Crippen LogP contribution in [0.2, 0.25) is 0 Å². The Morgan fingerprint density at radius 1 is 1.33 bits per heavy atom. The van der Waals surface area contributed by atoms with Crippen molar-refractivity contribution < 1.29 is 0 Å². The van der Waals surface area contributed by atoms with Crippen LogP contribution < -0.4 is 0 Å². The average molecular weight is 166 g/mol. The van der Waals surface area contributed by atoms with Gasteiger partial charge in [0.15, 0.2) is 0 Å². The number of hydrogen-bond donors (Lipinski definition) is 0. The maximum absolute atomic E-state index is 4.17. The molecule has 0 aromatic carbocycles. The van der Waals surface area contributed by atoms with E-state index in [-0.39, 0.29) is 0 Å². The fourth-order valence-corrected chi connectivity index (χ4v) is 2.53. The summed E-state index contributed by atoms with van der Waals surface area (Å²) in [7, 11) is 0. The van der Waals surface area contributed by atoms with E-state index in [9.17, 15) is 0 Å². The van der Waals surface area contributed by atoms with Crippen molar-refractivity contribution in [1.29, 1.82) is 0 Å². The highest BCUT2D eigenvalue weighted by molar-refractivity contribution is 5.03. The van der Waals surface area contributed by atoms with Gasteiger partial charge in [-0.2, -0.15) is 0 Å². The third-order valence-electron chi connectivity index (χ3n) is 3.41. The van der Waals surface area contributed by atoms with Crippen molar-refractivity contribution in [3.8, 4) is 0 Å². The third-order valence-corrected chi connectivity index (χ3v) is 3.41. The summed E-state index contributed by atoms with van der Waals surface area (Å²) in [6.07, 6.45) is 5.37. The quantitative estimate of drug-likeness (QED) is 0.543.